The van der Waals surface area contributed by atoms with Crippen LogP contribution in [0, 0.1) is 5.92 Å². The maximum absolute atomic E-state index is 11.5. The SMILES string of the molecule is CCCCCC(=O)NC(CC1CC1)C(=O)O. The van der Waals surface area contributed by atoms with Crippen molar-refractivity contribution in [3.8, 4) is 0 Å². The quantitative estimate of drug-likeness (QED) is 0.623. The highest BCUT2D eigenvalue weighted by Gasteiger charge is 2.29. The van der Waals surface area contributed by atoms with Crippen LogP contribution in [0.1, 0.15) is 51.9 Å². The first-order valence-electron chi connectivity index (χ1n) is 6.15. The Hall–Kier alpha value is -1.06. The molecule has 0 heterocycles. The van der Waals surface area contributed by atoms with Gasteiger partial charge in [0.25, 0.3) is 0 Å². The van der Waals surface area contributed by atoms with Crippen molar-refractivity contribution in [1.29, 1.82) is 0 Å². The first-order chi connectivity index (χ1) is 7.63. The minimum atomic E-state index is -0.907. The third kappa shape index (κ3) is 5.14. The molecule has 2 N–H and O–H groups in total. The predicted octanol–water partition coefficient (Wildman–Crippen LogP) is 1.94. The van der Waals surface area contributed by atoms with Crippen LogP contribution < -0.4 is 5.32 Å². The topological polar surface area (TPSA) is 66.4 Å². The largest absolute Gasteiger partial charge is 0.480 e. The van der Waals surface area contributed by atoms with Gasteiger partial charge >= 0.3 is 5.97 Å². The van der Waals surface area contributed by atoms with Crippen LogP contribution in [0.15, 0.2) is 0 Å². The molecule has 1 saturated carbocycles. The second-order valence-electron chi connectivity index (χ2n) is 4.59. The number of nitrogens with one attached hydrogen (secondary N) is 1. The lowest BCUT2D eigenvalue weighted by molar-refractivity contribution is -0.142. The fourth-order valence-corrected chi connectivity index (χ4v) is 1.71. The zero-order valence-corrected chi connectivity index (χ0v) is 9.87. The van der Waals surface area contributed by atoms with Crippen LogP contribution in [0.4, 0.5) is 0 Å². The number of amides is 1. The highest BCUT2D eigenvalue weighted by Crippen LogP contribution is 2.33. The predicted molar refractivity (Wildman–Crippen MR) is 61.0 cm³/mol. The summed E-state index contributed by atoms with van der Waals surface area (Å²) < 4.78 is 0. The zero-order valence-electron chi connectivity index (χ0n) is 9.87. The molecule has 0 radical (unpaired) electrons. The molecule has 92 valence electrons. The Morgan fingerprint density at radius 3 is 2.56 bits per heavy atom. The third-order valence-electron chi connectivity index (χ3n) is 2.91. The van der Waals surface area contributed by atoms with E-state index >= 15 is 0 Å². The van der Waals surface area contributed by atoms with Crippen LogP contribution in [0.3, 0.4) is 0 Å². The second-order valence-corrected chi connectivity index (χ2v) is 4.59. The minimum absolute atomic E-state index is 0.124. The molecule has 0 aromatic carbocycles. The highest BCUT2D eigenvalue weighted by molar-refractivity contribution is 5.83. The average Bonchev–Trinajstić information content (AvgIpc) is 3.01. The number of hydrogen-bond acceptors (Lipinski definition) is 2. The van der Waals surface area contributed by atoms with E-state index in [1.165, 1.54) is 0 Å². The maximum atomic E-state index is 11.5. The van der Waals surface area contributed by atoms with Crippen LogP contribution >= 0.6 is 0 Å². The molecule has 1 fully saturated rings. The van der Waals surface area contributed by atoms with Crippen molar-refractivity contribution in [2.45, 2.75) is 57.9 Å². The molecule has 0 aromatic rings. The fraction of sp³-hybridized carbons (Fsp3) is 0.833. The first-order valence-corrected chi connectivity index (χ1v) is 6.15. The summed E-state index contributed by atoms with van der Waals surface area (Å²) >= 11 is 0. The number of carboxylic acids is 1. The Morgan fingerprint density at radius 2 is 2.06 bits per heavy atom. The molecule has 0 aromatic heterocycles. The molecule has 0 aliphatic heterocycles. The molecule has 0 saturated heterocycles. The molecule has 16 heavy (non-hydrogen) atoms. The van der Waals surface area contributed by atoms with E-state index in [2.05, 4.69) is 12.2 Å². The van der Waals surface area contributed by atoms with Crippen molar-refractivity contribution in [2.24, 2.45) is 5.92 Å². The summed E-state index contributed by atoms with van der Waals surface area (Å²) in [5, 5.41) is 11.6. The lowest BCUT2D eigenvalue weighted by Gasteiger charge is -2.13. The summed E-state index contributed by atoms with van der Waals surface area (Å²) in [5.74, 6) is -0.519. The Morgan fingerprint density at radius 1 is 1.38 bits per heavy atom. The van der Waals surface area contributed by atoms with E-state index in [-0.39, 0.29) is 5.91 Å². The van der Waals surface area contributed by atoms with Gasteiger partial charge < -0.3 is 10.4 Å². The smallest absolute Gasteiger partial charge is 0.326 e. The van der Waals surface area contributed by atoms with E-state index in [1.807, 2.05) is 0 Å². The number of unbranched alkanes of at least 4 members (excludes halogenated alkanes) is 2. The average molecular weight is 227 g/mol. The Bertz CT molecular complexity index is 249. The van der Waals surface area contributed by atoms with Gasteiger partial charge in [-0.05, 0) is 18.8 Å². The number of aliphatic carboxylic acids is 1. The van der Waals surface area contributed by atoms with Gasteiger partial charge in [-0.1, -0.05) is 32.6 Å². The van der Waals surface area contributed by atoms with Crippen molar-refractivity contribution < 1.29 is 14.7 Å². The number of carbonyl (C=O) groups excluding carboxylic acids is 1. The van der Waals surface area contributed by atoms with Crippen molar-refractivity contribution in [2.75, 3.05) is 0 Å². The van der Waals surface area contributed by atoms with E-state index in [1.54, 1.807) is 0 Å². The molecule has 1 unspecified atom stereocenters. The molecule has 4 nitrogen and oxygen atoms in total. The van der Waals surface area contributed by atoms with Gasteiger partial charge in [-0.2, -0.15) is 0 Å². The van der Waals surface area contributed by atoms with E-state index < -0.39 is 12.0 Å². The monoisotopic (exact) mass is 227 g/mol. The standard InChI is InChI=1S/C12H21NO3/c1-2-3-4-5-11(14)13-10(12(15)16)8-9-6-7-9/h9-10H,2-8H2,1H3,(H,13,14)(H,15,16). The molecule has 0 spiro atoms. The summed E-state index contributed by atoms with van der Waals surface area (Å²) in [4.78, 5) is 22.4. The highest BCUT2D eigenvalue weighted by atomic mass is 16.4. The van der Waals surface area contributed by atoms with Gasteiger partial charge in [-0.15, -0.1) is 0 Å². The molecule has 1 aliphatic rings. The lowest BCUT2D eigenvalue weighted by atomic mass is 10.1. The second kappa shape index (κ2) is 6.51. The van der Waals surface area contributed by atoms with Crippen LogP contribution in [0.25, 0.3) is 0 Å². The number of carboxylic acid groups (broad SMARTS) is 1. The Balaban J connectivity index is 2.23. The van der Waals surface area contributed by atoms with Crippen molar-refractivity contribution in [3.05, 3.63) is 0 Å². The van der Waals surface area contributed by atoms with Gasteiger partial charge in [0.05, 0.1) is 0 Å². The van der Waals surface area contributed by atoms with Crippen molar-refractivity contribution in [3.63, 3.8) is 0 Å². The van der Waals surface area contributed by atoms with Gasteiger partial charge in [-0.25, -0.2) is 4.79 Å². The molecular formula is C12H21NO3. The molecule has 1 aliphatic carbocycles. The van der Waals surface area contributed by atoms with Gasteiger partial charge in [0.1, 0.15) is 6.04 Å². The molecule has 1 atom stereocenters. The van der Waals surface area contributed by atoms with Gasteiger partial charge in [0, 0.05) is 6.42 Å². The summed E-state index contributed by atoms with van der Waals surface area (Å²) in [5.41, 5.74) is 0. The Kier molecular flexibility index (Phi) is 5.29. The fourth-order valence-electron chi connectivity index (χ4n) is 1.71. The number of rotatable bonds is 8. The summed E-state index contributed by atoms with van der Waals surface area (Å²) in [6.45, 7) is 2.07. The zero-order chi connectivity index (χ0) is 12.0. The van der Waals surface area contributed by atoms with E-state index in [0.29, 0.717) is 18.8 Å². The maximum Gasteiger partial charge on any atom is 0.326 e. The summed E-state index contributed by atoms with van der Waals surface area (Å²) in [6, 6.07) is -0.679. The molecule has 4 heteroatoms. The van der Waals surface area contributed by atoms with Gasteiger partial charge in [0.2, 0.25) is 5.91 Å². The molecular weight excluding hydrogens is 206 g/mol. The molecule has 1 rings (SSSR count). The first kappa shape index (κ1) is 13.0. The summed E-state index contributed by atoms with van der Waals surface area (Å²) in [6.07, 6.45) is 6.19. The van der Waals surface area contributed by atoms with Crippen LogP contribution in [-0.4, -0.2) is 23.0 Å². The van der Waals surface area contributed by atoms with Gasteiger partial charge in [0.15, 0.2) is 0 Å². The van der Waals surface area contributed by atoms with Crippen LogP contribution in [0.5, 0.6) is 0 Å². The molecule has 0 bridgehead atoms. The van der Waals surface area contributed by atoms with Crippen LogP contribution in [-0.2, 0) is 9.59 Å². The van der Waals surface area contributed by atoms with Gasteiger partial charge in [-0.3, -0.25) is 4.79 Å². The van der Waals surface area contributed by atoms with Crippen molar-refractivity contribution >= 4 is 11.9 Å². The van der Waals surface area contributed by atoms with Crippen LogP contribution in [0.2, 0.25) is 0 Å². The third-order valence-corrected chi connectivity index (χ3v) is 2.91. The van der Waals surface area contributed by atoms with E-state index in [0.717, 1.165) is 32.1 Å². The van der Waals surface area contributed by atoms with Crippen molar-refractivity contribution in [1.82, 2.24) is 5.32 Å². The lowest BCUT2D eigenvalue weighted by Crippen LogP contribution is -2.41. The number of hydrogen-bond donors (Lipinski definition) is 2. The molecule has 1 amide bonds. The minimum Gasteiger partial charge on any atom is -0.480 e. The normalized spacial score (nSPS) is 16.8. The van der Waals surface area contributed by atoms with E-state index in [4.69, 9.17) is 5.11 Å². The summed E-state index contributed by atoms with van der Waals surface area (Å²) in [7, 11) is 0. The Labute approximate surface area is 96.4 Å². The van der Waals surface area contributed by atoms with E-state index in [9.17, 15) is 9.59 Å². The number of carbonyl (C=O) groups is 2.